The predicted molar refractivity (Wildman–Crippen MR) is 96.1 cm³/mol. The molecule has 2 aromatic carbocycles. The smallest absolute Gasteiger partial charge is 0.269 e. The summed E-state index contributed by atoms with van der Waals surface area (Å²) < 4.78 is 5.36. The van der Waals surface area contributed by atoms with Crippen LogP contribution in [0.4, 0.5) is 11.4 Å². The average molecular weight is 341 g/mol. The van der Waals surface area contributed by atoms with Crippen molar-refractivity contribution in [2.45, 2.75) is 0 Å². The summed E-state index contributed by atoms with van der Waals surface area (Å²) in [6, 6.07) is 13.0. The van der Waals surface area contributed by atoms with E-state index in [9.17, 15) is 14.9 Å². The fourth-order valence-corrected chi connectivity index (χ4v) is 2.04. The van der Waals surface area contributed by atoms with Crippen LogP contribution in [0.5, 0.6) is 5.75 Å². The molecule has 0 atom stereocenters. The third-order valence-electron chi connectivity index (χ3n) is 3.30. The van der Waals surface area contributed by atoms with Crippen molar-refractivity contribution in [1.29, 1.82) is 0 Å². The molecule has 0 aliphatic carbocycles. The molecule has 0 bridgehead atoms. The zero-order valence-electron chi connectivity index (χ0n) is 13.6. The van der Waals surface area contributed by atoms with E-state index in [0.29, 0.717) is 31.0 Å². The zero-order chi connectivity index (χ0) is 18.1. The highest BCUT2D eigenvalue weighted by atomic mass is 16.6. The molecule has 0 aromatic heterocycles. The van der Waals surface area contributed by atoms with Crippen LogP contribution in [0.25, 0.3) is 0 Å². The molecular formula is C18H19N3O4. The Balaban J connectivity index is 1.74. The molecule has 7 heteroatoms. The van der Waals surface area contributed by atoms with Gasteiger partial charge in [-0.1, -0.05) is 12.7 Å². The lowest BCUT2D eigenvalue weighted by molar-refractivity contribution is -0.384. The van der Waals surface area contributed by atoms with Crippen LogP contribution < -0.4 is 15.4 Å². The number of benzene rings is 2. The Bertz CT molecular complexity index is 727. The molecule has 1 amide bonds. The minimum absolute atomic E-state index is 0.0411. The Morgan fingerprint density at radius 3 is 2.40 bits per heavy atom. The van der Waals surface area contributed by atoms with Gasteiger partial charge in [0, 0.05) is 36.5 Å². The molecule has 130 valence electrons. The van der Waals surface area contributed by atoms with Crippen LogP contribution in [0.15, 0.2) is 61.2 Å². The Kier molecular flexibility index (Phi) is 6.53. The van der Waals surface area contributed by atoms with Crippen LogP contribution in [0.3, 0.4) is 0 Å². The van der Waals surface area contributed by atoms with E-state index in [2.05, 4.69) is 17.2 Å². The maximum absolute atomic E-state index is 12.0. The van der Waals surface area contributed by atoms with Gasteiger partial charge in [0.05, 0.1) is 4.92 Å². The number of nitrogens with one attached hydrogen (secondary N) is 2. The van der Waals surface area contributed by atoms with Crippen molar-refractivity contribution in [1.82, 2.24) is 5.32 Å². The number of carbonyl (C=O) groups excluding carboxylic acids is 1. The summed E-state index contributed by atoms with van der Waals surface area (Å²) in [5.74, 6) is 0.497. The first-order chi connectivity index (χ1) is 12.1. The zero-order valence-corrected chi connectivity index (χ0v) is 13.6. The van der Waals surface area contributed by atoms with Crippen LogP contribution in [-0.4, -0.2) is 30.5 Å². The summed E-state index contributed by atoms with van der Waals surface area (Å²) in [6.45, 7) is 4.91. The van der Waals surface area contributed by atoms with Gasteiger partial charge in [-0.3, -0.25) is 14.9 Å². The van der Waals surface area contributed by atoms with Gasteiger partial charge >= 0.3 is 0 Å². The van der Waals surface area contributed by atoms with Gasteiger partial charge in [0.2, 0.25) is 0 Å². The van der Waals surface area contributed by atoms with Gasteiger partial charge in [-0.2, -0.15) is 0 Å². The van der Waals surface area contributed by atoms with Gasteiger partial charge in [0.15, 0.2) is 0 Å². The molecular weight excluding hydrogens is 322 g/mol. The van der Waals surface area contributed by atoms with Gasteiger partial charge in [-0.15, -0.1) is 0 Å². The van der Waals surface area contributed by atoms with E-state index in [0.717, 1.165) is 5.69 Å². The Labute approximate surface area is 145 Å². The Morgan fingerprint density at radius 2 is 1.80 bits per heavy atom. The molecule has 0 unspecified atom stereocenters. The monoisotopic (exact) mass is 341 g/mol. The third-order valence-corrected chi connectivity index (χ3v) is 3.30. The lowest BCUT2D eigenvalue weighted by atomic mass is 10.2. The SMILES string of the molecule is C=CCOc1ccc(C(=O)NCCNc2ccc([N+](=O)[O-])cc2)cc1. The number of nitrogens with zero attached hydrogens (tertiary/aromatic N) is 1. The fourth-order valence-electron chi connectivity index (χ4n) is 2.04. The minimum atomic E-state index is -0.447. The quantitative estimate of drug-likeness (QED) is 0.316. The standard InChI is InChI=1S/C18H19N3O4/c1-2-13-25-17-9-3-14(4-10-17)18(22)20-12-11-19-15-5-7-16(8-6-15)21(23)24/h2-10,19H,1,11-13H2,(H,20,22). The van der Waals surface area contributed by atoms with E-state index in [1.807, 2.05) is 0 Å². The highest BCUT2D eigenvalue weighted by molar-refractivity contribution is 5.94. The topological polar surface area (TPSA) is 93.5 Å². The lowest BCUT2D eigenvalue weighted by Crippen LogP contribution is -2.28. The minimum Gasteiger partial charge on any atom is -0.490 e. The van der Waals surface area contributed by atoms with Crippen LogP contribution in [0.2, 0.25) is 0 Å². The number of hydrogen-bond acceptors (Lipinski definition) is 5. The van der Waals surface area contributed by atoms with Crippen molar-refractivity contribution < 1.29 is 14.5 Å². The van der Waals surface area contributed by atoms with E-state index < -0.39 is 4.92 Å². The molecule has 2 N–H and O–H groups in total. The number of rotatable bonds is 9. The summed E-state index contributed by atoms with van der Waals surface area (Å²) in [5, 5.41) is 16.5. The maximum Gasteiger partial charge on any atom is 0.269 e. The van der Waals surface area contributed by atoms with E-state index in [4.69, 9.17) is 4.74 Å². The van der Waals surface area contributed by atoms with Gasteiger partial charge in [-0.25, -0.2) is 0 Å². The van der Waals surface area contributed by atoms with E-state index >= 15 is 0 Å². The number of nitro groups is 1. The first kappa shape index (κ1) is 18.0. The van der Waals surface area contributed by atoms with Crippen molar-refractivity contribution in [3.8, 4) is 5.75 Å². The van der Waals surface area contributed by atoms with E-state index in [1.54, 1.807) is 42.5 Å². The molecule has 0 saturated heterocycles. The summed E-state index contributed by atoms with van der Waals surface area (Å²) in [6.07, 6.45) is 1.65. The largest absolute Gasteiger partial charge is 0.490 e. The second-order valence-electron chi connectivity index (χ2n) is 5.11. The predicted octanol–water partition coefficient (Wildman–Crippen LogP) is 3.00. The van der Waals surface area contributed by atoms with Crippen LogP contribution in [-0.2, 0) is 0 Å². The molecule has 0 saturated carbocycles. The van der Waals surface area contributed by atoms with Crippen molar-refractivity contribution >= 4 is 17.3 Å². The Hall–Kier alpha value is -3.35. The number of non-ortho nitro benzene ring substituents is 1. The summed E-state index contributed by atoms with van der Waals surface area (Å²) in [5.41, 5.74) is 1.34. The first-order valence-corrected chi connectivity index (χ1v) is 7.70. The number of anilines is 1. The van der Waals surface area contributed by atoms with Gasteiger partial charge in [0.25, 0.3) is 11.6 Å². The fraction of sp³-hybridized carbons (Fsp3) is 0.167. The lowest BCUT2D eigenvalue weighted by Gasteiger charge is -2.08. The van der Waals surface area contributed by atoms with Crippen LogP contribution in [0.1, 0.15) is 10.4 Å². The molecule has 0 heterocycles. The summed E-state index contributed by atoms with van der Waals surface area (Å²) in [4.78, 5) is 22.2. The molecule has 0 aliphatic heterocycles. The van der Waals surface area contributed by atoms with E-state index in [-0.39, 0.29) is 11.6 Å². The second kappa shape index (κ2) is 9.07. The highest BCUT2D eigenvalue weighted by Gasteiger charge is 2.06. The molecule has 2 aromatic rings. The van der Waals surface area contributed by atoms with Crippen LogP contribution in [0, 0.1) is 10.1 Å². The van der Waals surface area contributed by atoms with Crippen LogP contribution >= 0.6 is 0 Å². The average Bonchev–Trinajstić information content (AvgIpc) is 2.64. The second-order valence-corrected chi connectivity index (χ2v) is 5.11. The molecule has 0 fully saturated rings. The maximum atomic E-state index is 12.0. The molecule has 0 aliphatic rings. The van der Waals surface area contributed by atoms with Crippen molar-refractivity contribution in [3.05, 3.63) is 76.9 Å². The van der Waals surface area contributed by atoms with Crippen molar-refractivity contribution in [2.24, 2.45) is 0 Å². The summed E-state index contributed by atoms with van der Waals surface area (Å²) >= 11 is 0. The highest BCUT2D eigenvalue weighted by Crippen LogP contribution is 2.15. The van der Waals surface area contributed by atoms with Gasteiger partial charge < -0.3 is 15.4 Å². The molecule has 2 rings (SSSR count). The number of hydrogen-bond donors (Lipinski definition) is 2. The van der Waals surface area contributed by atoms with Gasteiger partial charge in [0.1, 0.15) is 12.4 Å². The number of nitro benzene ring substituents is 1. The molecule has 7 nitrogen and oxygen atoms in total. The number of carbonyl (C=O) groups is 1. The van der Waals surface area contributed by atoms with Gasteiger partial charge in [-0.05, 0) is 36.4 Å². The van der Waals surface area contributed by atoms with Crippen molar-refractivity contribution in [2.75, 3.05) is 25.0 Å². The number of ether oxygens (including phenoxy) is 1. The third kappa shape index (κ3) is 5.65. The van der Waals surface area contributed by atoms with Crippen molar-refractivity contribution in [3.63, 3.8) is 0 Å². The normalized spacial score (nSPS) is 9.92. The molecule has 25 heavy (non-hydrogen) atoms. The summed E-state index contributed by atoms with van der Waals surface area (Å²) in [7, 11) is 0. The number of amides is 1. The molecule has 0 spiro atoms. The van der Waals surface area contributed by atoms with E-state index in [1.165, 1.54) is 12.1 Å². The molecule has 0 radical (unpaired) electrons. The Morgan fingerprint density at radius 1 is 1.12 bits per heavy atom. The first-order valence-electron chi connectivity index (χ1n) is 7.70.